The number of aryl methyl sites for hydroxylation is 1. The van der Waals surface area contributed by atoms with E-state index < -0.39 is 0 Å². The maximum Gasteiger partial charge on any atom is 0.253 e. The number of hydrogen-bond donors (Lipinski definition) is 0. The Morgan fingerprint density at radius 2 is 2.00 bits per heavy atom. The number of ether oxygens (including phenoxy) is 1. The first-order valence-corrected chi connectivity index (χ1v) is 9.32. The molecule has 0 N–H and O–H groups in total. The van der Waals surface area contributed by atoms with Gasteiger partial charge in [-0.2, -0.15) is 0 Å². The van der Waals surface area contributed by atoms with E-state index in [-0.39, 0.29) is 5.91 Å². The molecular weight excluding hydrogens is 300 g/mol. The fraction of sp³-hybridized carbons (Fsp3) is 0.650. The fourth-order valence-corrected chi connectivity index (χ4v) is 4.39. The van der Waals surface area contributed by atoms with E-state index in [9.17, 15) is 4.79 Å². The number of amides is 1. The minimum absolute atomic E-state index is 0.186. The average Bonchev–Trinajstić information content (AvgIpc) is 3.41. The number of carbonyl (C=O) groups excluding carboxylic acids is 1. The van der Waals surface area contributed by atoms with Gasteiger partial charge in [0.1, 0.15) is 5.75 Å². The van der Waals surface area contributed by atoms with Crippen molar-refractivity contribution >= 4 is 5.91 Å². The Hall–Kier alpha value is -1.55. The molecule has 4 aliphatic rings. The molecule has 1 aliphatic carbocycles. The molecule has 1 saturated carbocycles. The average molecular weight is 328 g/mol. The van der Waals surface area contributed by atoms with Crippen LogP contribution in [0.5, 0.6) is 5.75 Å². The Balaban J connectivity index is 1.49. The van der Waals surface area contributed by atoms with Crippen LogP contribution in [-0.4, -0.2) is 55.0 Å². The molecule has 3 heterocycles. The molecule has 4 nitrogen and oxygen atoms in total. The number of hydrogen-bond acceptors (Lipinski definition) is 3. The van der Waals surface area contributed by atoms with Crippen molar-refractivity contribution in [3.8, 4) is 5.75 Å². The molecule has 5 rings (SSSR count). The molecule has 1 aromatic carbocycles. The first-order chi connectivity index (χ1) is 11.6. The molecule has 1 amide bonds. The van der Waals surface area contributed by atoms with E-state index >= 15 is 0 Å². The number of rotatable bonds is 4. The molecule has 0 unspecified atom stereocenters. The predicted molar refractivity (Wildman–Crippen MR) is 94.4 cm³/mol. The predicted octanol–water partition coefficient (Wildman–Crippen LogP) is 2.95. The second-order valence-corrected chi connectivity index (χ2v) is 7.89. The summed E-state index contributed by atoms with van der Waals surface area (Å²) in [5, 5.41) is 0. The van der Waals surface area contributed by atoms with Gasteiger partial charge in [-0.25, -0.2) is 0 Å². The normalized spacial score (nSPS) is 27.2. The summed E-state index contributed by atoms with van der Waals surface area (Å²) in [6.07, 6.45) is 5.34. The van der Waals surface area contributed by atoms with Gasteiger partial charge >= 0.3 is 0 Å². The summed E-state index contributed by atoms with van der Waals surface area (Å²) in [7, 11) is 1.67. The van der Waals surface area contributed by atoms with E-state index in [1.807, 2.05) is 25.1 Å². The van der Waals surface area contributed by atoms with Crippen LogP contribution in [0, 0.1) is 18.8 Å². The second-order valence-electron chi connectivity index (χ2n) is 7.89. The highest BCUT2D eigenvalue weighted by atomic mass is 16.5. The lowest BCUT2D eigenvalue weighted by Crippen LogP contribution is -2.45. The minimum Gasteiger partial charge on any atom is -0.496 e. The molecule has 130 valence electrons. The fourth-order valence-electron chi connectivity index (χ4n) is 4.39. The van der Waals surface area contributed by atoms with Crippen molar-refractivity contribution in [3.63, 3.8) is 0 Å². The third-order valence-corrected chi connectivity index (χ3v) is 5.95. The standard InChI is InChI=1S/C20H28N2O2/c1-14-9-17(6-8-19(14)24-2)20(23)22-12-16-5-7-18(13-22)21(11-16)10-15-3-4-15/h6,8-9,15-16,18H,3-5,7,10-13H2,1-2H3/t16-,18-/m0/s1. The number of benzene rings is 1. The quantitative estimate of drug-likeness (QED) is 0.852. The van der Waals surface area contributed by atoms with Crippen molar-refractivity contribution in [2.45, 2.75) is 38.6 Å². The van der Waals surface area contributed by atoms with Gasteiger partial charge in [0.2, 0.25) is 0 Å². The molecule has 2 atom stereocenters. The Labute approximate surface area is 144 Å². The molecule has 4 heteroatoms. The molecule has 1 aromatic rings. The van der Waals surface area contributed by atoms with E-state index in [4.69, 9.17) is 4.74 Å². The maximum absolute atomic E-state index is 13.0. The van der Waals surface area contributed by atoms with Crippen LogP contribution in [0.25, 0.3) is 0 Å². The van der Waals surface area contributed by atoms with Gasteiger partial charge in [0.05, 0.1) is 7.11 Å². The van der Waals surface area contributed by atoms with E-state index in [1.54, 1.807) is 7.11 Å². The van der Waals surface area contributed by atoms with E-state index in [2.05, 4.69) is 9.80 Å². The highest BCUT2D eigenvalue weighted by molar-refractivity contribution is 5.94. The largest absolute Gasteiger partial charge is 0.496 e. The topological polar surface area (TPSA) is 32.8 Å². The van der Waals surface area contributed by atoms with Crippen LogP contribution in [0.1, 0.15) is 41.6 Å². The van der Waals surface area contributed by atoms with Gasteiger partial charge in [-0.15, -0.1) is 0 Å². The number of methoxy groups -OCH3 is 1. The molecule has 4 fully saturated rings. The first-order valence-electron chi connectivity index (χ1n) is 9.32. The van der Waals surface area contributed by atoms with Gasteiger partial charge in [-0.3, -0.25) is 9.69 Å². The number of carbonyl (C=O) groups is 1. The smallest absolute Gasteiger partial charge is 0.253 e. The van der Waals surface area contributed by atoms with Crippen molar-refractivity contribution in [1.82, 2.24) is 9.80 Å². The van der Waals surface area contributed by atoms with Crippen molar-refractivity contribution in [1.29, 1.82) is 0 Å². The van der Waals surface area contributed by atoms with Crippen LogP contribution in [0.4, 0.5) is 0 Å². The van der Waals surface area contributed by atoms with Crippen molar-refractivity contribution in [2.24, 2.45) is 11.8 Å². The van der Waals surface area contributed by atoms with E-state index in [1.165, 1.54) is 38.8 Å². The van der Waals surface area contributed by atoms with Crippen LogP contribution < -0.4 is 4.74 Å². The summed E-state index contributed by atoms with van der Waals surface area (Å²) in [6.45, 7) is 6.26. The molecule has 24 heavy (non-hydrogen) atoms. The Bertz CT molecular complexity index is 626. The zero-order valence-electron chi connectivity index (χ0n) is 14.8. The monoisotopic (exact) mass is 328 g/mol. The third kappa shape index (κ3) is 3.16. The van der Waals surface area contributed by atoms with Gasteiger partial charge in [-0.05, 0) is 68.2 Å². The lowest BCUT2D eigenvalue weighted by atomic mass is 9.95. The summed E-state index contributed by atoms with van der Waals surface area (Å²) in [5.41, 5.74) is 1.82. The van der Waals surface area contributed by atoms with Gasteiger partial charge in [-0.1, -0.05) is 0 Å². The van der Waals surface area contributed by atoms with Crippen LogP contribution in [0.3, 0.4) is 0 Å². The van der Waals surface area contributed by atoms with E-state index in [0.717, 1.165) is 35.9 Å². The van der Waals surface area contributed by atoms with Gasteiger partial charge in [0, 0.05) is 37.8 Å². The third-order valence-electron chi connectivity index (χ3n) is 5.95. The molecule has 0 aromatic heterocycles. The molecule has 0 spiro atoms. The minimum atomic E-state index is 0.186. The first kappa shape index (κ1) is 15.9. The molecular formula is C20H28N2O2. The van der Waals surface area contributed by atoms with Gasteiger partial charge < -0.3 is 9.64 Å². The number of nitrogens with zero attached hydrogens (tertiary/aromatic N) is 2. The van der Waals surface area contributed by atoms with Gasteiger partial charge in [0.15, 0.2) is 0 Å². The van der Waals surface area contributed by atoms with Gasteiger partial charge in [0.25, 0.3) is 5.91 Å². The lowest BCUT2D eigenvalue weighted by molar-refractivity contribution is 0.0736. The number of piperidine rings is 1. The van der Waals surface area contributed by atoms with Crippen LogP contribution in [0.15, 0.2) is 18.2 Å². The highest BCUT2D eigenvalue weighted by Gasteiger charge is 2.38. The summed E-state index contributed by atoms with van der Waals surface area (Å²) in [5.74, 6) is 2.60. The van der Waals surface area contributed by atoms with Crippen molar-refractivity contribution in [2.75, 3.05) is 33.3 Å². The molecule has 0 radical (unpaired) electrons. The van der Waals surface area contributed by atoms with Crippen LogP contribution in [-0.2, 0) is 0 Å². The Morgan fingerprint density at radius 3 is 2.71 bits per heavy atom. The Kier molecular flexibility index (Phi) is 4.25. The zero-order chi connectivity index (χ0) is 16.7. The molecule has 3 aliphatic heterocycles. The summed E-state index contributed by atoms with van der Waals surface area (Å²) in [4.78, 5) is 17.8. The van der Waals surface area contributed by atoms with Crippen LogP contribution >= 0.6 is 0 Å². The van der Waals surface area contributed by atoms with Crippen molar-refractivity contribution < 1.29 is 9.53 Å². The second kappa shape index (κ2) is 6.40. The van der Waals surface area contributed by atoms with Crippen LogP contribution in [0.2, 0.25) is 0 Å². The summed E-state index contributed by atoms with van der Waals surface area (Å²) < 4.78 is 5.31. The Morgan fingerprint density at radius 1 is 1.17 bits per heavy atom. The number of fused-ring (bicyclic) bond motifs is 4. The maximum atomic E-state index is 13.0. The van der Waals surface area contributed by atoms with Crippen molar-refractivity contribution in [3.05, 3.63) is 29.3 Å². The SMILES string of the molecule is COc1ccc(C(=O)N2C[C@H]3CC[C@@H](C2)N(CC2CC2)C3)cc1C. The summed E-state index contributed by atoms with van der Waals surface area (Å²) >= 11 is 0. The lowest BCUT2D eigenvalue weighted by Gasteiger charge is -2.36. The van der Waals surface area contributed by atoms with E-state index in [0.29, 0.717) is 12.0 Å². The zero-order valence-corrected chi connectivity index (χ0v) is 14.8. The summed E-state index contributed by atoms with van der Waals surface area (Å²) in [6, 6.07) is 6.35. The molecule has 3 saturated heterocycles. The molecule has 2 bridgehead atoms. The highest BCUT2D eigenvalue weighted by Crippen LogP contribution is 2.35.